The van der Waals surface area contributed by atoms with Crippen LogP contribution in [0.3, 0.4) is 0 Å². The van der Waals surface area contributed by atoms with Crippen LogP contribution in [0.2, 0.25) is 0 Å². The van der Waals surface area contributed by atoms with E-state index in [2.05, 4.69) is 5.32 Å². The molecule has 2 saturated heterocycles. The minimum atomic E-state index is -0.865. The van der Waals surface area contributed by atoms with E-state index in [0.717, 1.165) is 57.5 Å². The standard InChI is InChI=1S/C18H25F2N3O2/c19-16-6-5-14(12-17(16)20)21-15-4-3-8-22(13-15)18(24)7-10-23-9-1-2-11-25-23/h5-6,12,15,21H,1-4,7-11,13H2/t15-/m1/s1. The van der Waals surface area contributed by atoms with Gasteiger partial charge >= 0.3 is 0 Å². The van der Waals surface area contributed by atoms with Crippen LogP contribution >= 0.6 is 0 Å². The molecule has 0 bridgehead atoms. The quantitative estimate of drug-likeness (QED) is 0.884. The number of hydrogen-bond donors (Lipinski definition) is 1. The molecule has 1 aromatic rings. The van der Waals surface area contributed by atoms with Crippen molar-refractivity contribution in [3.05, 3.63) is 29.8 Å². The Morgan fingerprint density at radius 1 is 1.20 bits per heavy atom. The third-order valence-electron chi connectivity index (χ3n) is 4.72. The van der Waals surface area contributed by atoms with Crippen molar-refractivity contribution >= 4 is 11.6 Å². The lowest BCUT2D eigenvalue weighted by Crippen LogP contribution is -2.46. The second-order valence-electron chi connectivity index (χ2n) is 6.67. The lowest BCUT2D eigenvalue weighted by Gasteiger charge is -2.34. The Bertz CT molecular complexity index is 594. The molecule has 3 rings (SSSR count). The fraction of sp³-hybridized carbons (Fsp3) is 0.611. The molecule has 2 heterocycles. The van der Waals surface area contributed by atoms with Crippen molar-refractivity contribution in [2.45, 2.75) is 38.1 Å². The fourth-order valence-electron chi connectivity index (χ4n) is 3.35. The van der Waals surface area contributed by atoms with Crippen LogP contribution in [-0.4, -0.2) is 54.7 Å². The van der Waals surface area contributed by atoms with E-state index in [1.165, 1.54) is 6.07 Å². The van der Waals surface area contributed by atoms with E-state index in [0.29, 0.717) is 25.2 Å². The first-order valence-corrected chi connectivity index (χ1v) is 8.99. The third-order valence-corrected chi connectivity index (χ3v) is 4.72. The zero-order valence-corrected chi connectivity index (χ0v) is 14.3. The highest BCUT2D eigenvalue weighted by Crippen LogP contribution is 2.19. The smallest absolute Gasteiger partial charge is 0.224 e. The number of halogens is 2. The highest BCUT2D eigenvalue weighted by molar-refractivity contribution is 5.76. The van der Waals surface area contributed by atoms with Crippen molar-refractivity contribution in [1.82, 2.24) is 9.96 Å². The highest BCUT2D eigenvalue weighted by atomic mass is 19.2. The summed E-state index contributed by atoms with van der Waals surface area (Å²) in [6, 6.07) is 3.84. The first-order valence-electron chi connectivity index (χ1n) is 8.99. The van der Waals surface area contributed by atoms with Gasteiger partial charge in [0.05, 0.1) is 6.61 Å². The summed E-state index contributed by atoms with van der Waals surface area (Å²) in [5.41, 5.74) is 0.542. The largest absolute Gasteiger partial charge is 0.380 e. The van der Waals surface area contributed by atoms with Crippen LogP contribution in [0.5, 0.6) is 0 Å². The van der Waals surface area contributed by atoms with E-state index >= 15 is 0 Å². The molecule has 2 aliphatic rings. The minimum absolute atomic E-state index is 0.0498. The van der Waals surface area contributed by atoms with Crippen molar-refractivity contribution in [1.29, 1.82) is 0 Å². The number of nitrogens with zero attached hydrogens (tertiary/aromatic N) is 2. The molecule has 7 heteroatoms. The summed E-state index contributed by atoms with van der Waals surface area (Å²) in [7, 11) is 0. The molecule has 138 valence electrons. The number of rotatable bonds is 5. The topological polar surface area (TPSA) is 44.8 Å². The third kappa shape index (κ3) is 5.12. The lowest BCUT2D eigenvalue weighted by molar-refractivity contribution is -0.182. The van der Waals surface area contributed by atoms with Crippen LogP contribution in [0.15, 0.2) is 18.2 Å². The zero-order valence-electron chi connectivity index (χ0n) is 14.3. The zero-order chi connectivity index (χ0) is 17.6. The van der Waals surface area contributed by atoms with E-state index in [1.807, 2.05) is 9.96 Å². The molecule has 1 atom stereocenters. The maximum atomic E-state index is 13.3. The van der Waals surface area contributed by atoms with Crippen molar-refractivity contribution < 1.29 is 18.4 Å². The number of nitrogens with one attached hydrogen (secondary N) is 1. The van der Waals surface area contributed by atoms with Gasteiger partial charge in [0, 0.05) is 50.4 Å². The maximum absolute atomic E-state index is 13.3. The molecule has 2 aliphatic heterocycles. The normalized spacial score (nSPS) is 22.0. The van der Waals surface area contributed by atoms with E-state index in [9.17, 15) is 13.6 Å². The molecule has 1 aromatic carbocycles. The first kappa shape index (κ1) is 18.1. The average Bonchev–Trinajstić information content (AvgIpc) is 2.64. The Morgan fingerprint density at radius 3 is 2.84 bits per heavy atom. The molecular weight excluding hydrogens is 328 g/mol. The summed E-state index contributed by atoms with van der Waals surface area (Å²) >= 11 is 0. The second kappa shape index (κ2) is 8.58. The fourth-order valence-corrected chi connectivity index (χ4v) is 3.35. The Labute approximate surface area is 146 Å². The molecule has 0 aliphatic carbocycles. The number of hydrogen-bond acceptors (Lipinski definition) is 4. The van der Waals surface area contributed by atoms with Gasteiger partial charge in [-0.05, 0) is 37.8 Å². The van der Waals surface area contributed by atoms with Crippen LogP contribution in [0, 0.1) is 11.6 Å². The van der Waals surface area contributed by atoms with Gasteiger partial charge in [0.15, 0.2) is 11.6 Å². The number of piperidine rings is 1. The van der Waals surface area contributed by atoms with E-state index in [1.54, 1.807) is 0 Å². The summed E-state index contributed by atoms with van der Waals surface area (Å²) in [5.74, 6) is -1.60. The molecule has 0 spiro atoms. The van der Waals surface area contributed by atoms with Crippen molar-refractivity contribution in [3.63, 3.8) is 0 Å². The molecule has 5 nitrogen and oxygen atoms in total. The Balaban J connectivity index is 1.48. The Hall–Kier alpha value is -1.73. The van der Waals surface area contributed by atoms with Gasteiger partial charge in [-0.25, -0.2) is 8.78 Å². The van der Waals surface area contributed by atoms with Crippen molar-refractivity contribution in [3.8, 4) is 0 Å². The molecule has 25 heavy (non-hydrogen) atoms. The van der Waals surface area contributed by atoms with Crippen molar-refractivity contribution in [2.24, 2.45) is 0 Å². The Kier molecular flexibility index (Phi) is 6.20. The van der Waals surface area contributed by atoms with Crippen LogP contribution in [0.25, 0.3) is 0 Å². The summed E-state index contributed by atoms with van der Waals surface area (Å²) in [6.45, 7) is 3.57. The van der Waals surface area contributed by atoms with E-state index in [-0.39, 0.29) is 11.9 Å². The summed E-state index contributed by atoms with van der Waals surface area (Å²) in [4.78, 5) is 19.8. The SMILES string of the molecule is O=C(CCN1CCCCO1)N1CCC[C@@H](Nc2ccc(F)c(F)c2)C1. The number of likely N-dealkylation sites (tertiary alicyclic amines) is 1. The number of amides is 1. The number of benzene rings is 1. The highest BCUT2D eigenvalue weighted by Gasteiger charge is 2.24. The van der Waals surface area contributed by atoms with Gasteiger partial charge in [0.2, 0.25) is 5.91 Å². The van der Waals surface area contributed by atoms with E-state index in [4.69, 9.17) is 4.84 Å². The molecule has 0 unspecified atom stereocenters. The van der Waals surface area contributed by atoms with Crippen LogP contribution < -0.4 is 5.32 Å². The minimum Gasteiger partial charge on any atom is -0.380 e. The van der Waals surface area contributed by atoms with Gasteiger partial charge in [-0.15, -0.1) is 0 Å². The van der Waals surface area contributed by atoms with Gasteiger partial charge in [-0.2, -0.15) is 5.06 Å². The van der Waals surface area contributed by atoms with Gasteiger partial charge in [-0.1, -0.05) is 0 Å². The summed E-state index contributed by atoms with van der Waals surface area (Å²) in [5, 5.41) is 5.08. The Morgan fingerprint density at radius 2 is 2.08 bits per heavy atom. The molecule has 0 saturated carbocycles. The van der Waals surface area contributed by atoms with Crippen LogP contribution in [0.4, 0.5) is 14.5 Å². The van der Waals surface area contributed by atoms with Gasteiger partial charge < -0.3 is 10.2 Å². The second-order valence-corrected chi connectivity index (χ2v) is 6.67. The predicted octanol–water partition coefficient (Wildman–Crippen LogP) is 2.79. The molecule has 1 amide bonds. The van der Waals surface area contributed by atoms with Crippen LogP contribution in [0.1, 0.15) is 32.1 Å². The average molecular weight is 353 g/mol. The van der Waals surface area contributed by atoms with Gasteiger partial charge in [0.25, 0.3) is 0 Å². The lowest BCUT2D eigenvalue weighted by atomic mass is 10.0. The van der Waals surface area contributed by atoms with Gasteiger partial charge in [-0.3, -0.25) is 9.63 Å². The summed E-state index contributed by atoms with van der Waals surface area (Å²) in [6.07, 6.45) is 4.43. The molecular formula is C18H25F2N3O2. The number of carbonyl (C=O) groups is 1. The molecule has 2 fully saturated rings. The molecule has 1 N–H and O–H groups in total. The van der Waals surface area contributed by atoms with Crippen LogP contribution in [-0.2, 0) is 9.63 Å². The summed E-state index contributed by atoms with van der Waals surface area (Å²) < 4.78 is 26.3. The van der Waals surface area contributed by atoms with E-state index < -0.39 is 11.6 Å². The maximum Gasteiger partial charge on any atom is 0.224 e. The number of carbonyl (C=O) groups excluding carboxylic acids is 1. The predicted molar refractivity (Wildman–Crippen MR) is 91.0 cm³/mol. The first-order chi connectivity index (χ1) is 12.1. The monoisotopic (exact) mass is 353 g/mol. The molecule has 0 aromatic heterocycles. The molecule has 0 radical (unpaired) electrons. The number of anilines is 1. The van der Waals surface area contributed by atoms with Crippen molar-refractivity contribution in [2.75, 3.05) is 38.1 Å². The van der Waals surface area contributed by atoms with Gasteiger partial charge in [0.1, 0.15) is 0 Å². The number of hydroxylamine groups is 2.